The summed E-state index contributed by atoms with van der Waals surface area (Å²) in [5.74, 6) is 0.927. The van der Waals surface area contributed by atoms with Crippen LogP contribution in [-0.4, -0.2) is 24.9 Å². The fourth-order valence-corrected chi connectivity index (χ4v) is 2.75. The molecule has 0 aliphatic carbocycles. The van der Waals surface area contributed by atoms with Crippen molar-refractivity contribution in [2.45, 2.75) is 18.2 Å². The first-order valence-electron chi connectivity index (χ1n) is 5.80. The van der Waals surface area contributed by atoms with Gasteiger partial charge >= 0.3 is 6.03 Å². The molecule has 1 aliphatic heterocycles. The molecule has 2 rings (SSSR count). The molecule has 0 atom stereocenters. The first kappa shape index (κ1) is 12.1. The third kappa shape index (κ3) is 2.66. The van der Waals surface area contributed by atoms with Crippen molar-refractivity contribution >= 4 is 29.2 Å². The molecule has 0 saturated heterocycles. The third-order valence-corrected chi connectivity index (χ3v) is 3.66. The molecule has 1 aliphatic rings. The highest BCUT2D eigenvalue weighted by Crippen LogP contribution is 2.35. The maximum atomic E-state index is 12.0. The van der Waals surface area contributed by atoms with Crippen LogP contribution in [-0.2, 0) is 0 Å². The van der Waals surface area contributed by atoms with Crippen LogP contribution in [0.5, 0.6) is 0 Å². The Balaban J connectivity index is 2.21. The van der Waals surface area contributed by atoms with Crippen LogP contribution in [0, 0.1) is 0 Å². The number of hydrogen-bond acceptors (Lipinski definition) is 3. The second-order valence-electron chi connectivity index (χ2n) is 3.96. The van der Waals surface area contributed by atoms with E-state index in [-0.39, 0.29) is 6.03 Å². The van der Waals surface area contributed by atoms with Gasteiger partial charge in [0.05, 0.1) is 5.69 Å². The molecule has 1 aromatic rings. The summed E-state index contributed by atoms with van der Waals surface area (Å²) < 4.78 is 0. The van der Waals surface area contributed by atoms with Crippen LogP contribution in [0.1, 0.15) is 13.3 Å². The highest BCUT2D eigenvalue weighted by atomic mass is 32.2. The van der Waals surface area contributed by atoms with Gasteiger partial charge in [0, 0.05) is 29.4 Å². The van der Waals surface area contributed by atoms with Gasteiger partial charge in [-0.3, -0.25) is 4.90 Å². The number of hydrogen-bond donors (Lipinski definition) is 2. The van der Waals surface area contributed by atoms with E-state index in [2.05, 4.69) is 5.32 Å². The molecule has 1 aromatic carbocycles. The highest BCUT2D eigenvalue weighted by Gasteiger charge is 2.22. The second kappa shape index (κ2) is 5.31. The Morgan fingerprint density at radius 2 is 2.41 bits per heavy atom. The second-order valence-corrected chi connectivity index (χ2v) is 5.10. The Morgan fingerprint density at radius 1 is 1.59 bits per heavy atom. The van der Waals surface area contributed by atoms with Crippen molar-refractivity contribution in [3.05, 3.63) is 18.2 Å². The number of nitrogens with zero attached hydrogens (tertiary/aromatic N) is 1. The van der Waals surface area contributed by atoms with Gasteiger partial charge in [0.15, 0.2) is 0 Å². The van der Waals surface area contributed by atoms with E-state index in [1.54, 1.807) is 16.7 Å². The first-order valence-corrected chi connectivity index (χ1v) is 6.78. The average molecular weight is 251 g/mol. The van der Waals surface area contributed by atoms with E-state index in [1.807, 2.05) is 25.1 Å². The highest BCUT2D eigenvalue weighted by molar-refractivity contribution is 7.99. The van der Waals surface area contributed by atoms with Gasteiger partial charge in [-0.15, -0.1) is 11.8 Å². The molecule has 92 valence electrons. The fourth-order valence-electron chi connectivity index (χ4n) is 1.77. The molecule has 0 bridgehead atoms. The maximum absolute atomic E-state index is 12.0. The summed E-state index contributed by atoms with van der Waals surface area (Å²) in [5.41, 5.74) is 7.40. The zero-order chi connectivity index (χ0) is 12.3. The number of rotatable bonds is 2. The van der Waals surface area contributed by atoms with E-state index in [0.29, 0.717) is 12.2 Å². The van der Waals surface area contributed by atoms with E-state index in [0.717, 1.165) is 29.3 Å². The molecule has 0 spiro atoms. The first-order chi connectivity index (χ1) is 8.22. The Morgan fingerprint density at radius 3 is 3.18 bits per heavy atom. The van der Waals surface area contributed by atoms with Gasteiger partial charge in [-0.2, -0.15) is 0 Å². The van der Waals surface area contributed by atoms with E-state index >= 15 is 0 Å². The quantitative estimate of drug-likeness (QED) is 0.793. The van der Waals surface area contributed by atoms with Crippen molar-refractivity contribution < 1.29 is 4.79 Å². The van der Waals surface area contributed by atoms with Crippen molar-refractivity contribution in [2.24, 2.45) is 0 Å². The van der Waals surface area contributed by atoms with E-state index < -0.39 is 0 Å². The summed E-state index contributed by atoms with van der Waals surface area (Å²) in [6, 6.07) is 5.69. The molecular weight excluding hydrogens is 234 g/mol. The lowest BCUT2D eigenvalue weighted by atomic mass is 10.2. The summed E-state index contributed by atoms with van der Waals surface area (Å²) in [6.45, 7) is 3.48. The standard InChI is InChI=1S/C12H17N3OS/c1-2-5-14-12(16)15-6-7-17-11-4-3-9(13)8-10(11)15/h3-4,8H,2,5-7,13H2,1H3,(H,14,16). The lowest BCUT2D eigenvalue weighted by Gasteiger charge is -2.29. The van der Waals surface area contributed by atoms with Crippen LogP contribution in [0.2, 0.25) is 0 Å². The molecular formula is C12H17N3OS. The Bertz CT molecular complexity index is 422. The van der Waals surface area contributed by atoms with Gasteiger partial charge in [-0.1, -0.05) is 6.92 Å². The summed E-state index contributed by atoms with van der Waals surface area (Å²) in [7, 11) is 0. The number of anilines is 2. The molecule has 4 nitrogen and oxygen atoms in total. The minimum absolute atomic E-state index is 0.0287. The lowest BCUT2D eigenvalue weighted by Crippen LogP contribution is -2.43. The summed E-state index contributed by atoms with van der Waals surface area (Å²) >= 11 is 1.77. The number of fused-ring (bicyclic) bond motifs is 1. The summed E-state index contributed by atoms with van der Waals surface area (Å²) in [4.78, 5) is 14.9. The van der Waals surface area contributed by atoms with Crippen molar-refractivity contribution in [2.75, 3.05) is 29.5 Å². The number of carbonyl (C=O) groups excluding carboxylic acids is 1. The molecule has 5 heteroatoms. The SMILES string of the molecule is CCCNC(=O)N1CCSc2ccc(N)cc21. The van der Waals surface area contributed by atoms with Crippen molar-refractivity contribution in [1.82, 2.24) is 5.32 Å². The van der Waals surface area contributed by atoms with Crippen LogP contribution in [0.4, 0.5) is 16.2 Å². The average Bonchev–Trinajstić information content (AvgIpc) is 2.35. The van der Waals surface area contributed by atoms with Crippen molar-refractivity contribution in [1.29, 1.82) is 0 Å². The summed E-state index contributed by atoms with van der Waals surface area (Å²) in [5, 5.41) is 2.90. The van der Waals surface area contributed by atoms with E-state index in [1.165, 1.54) is 0 Å². The molecule has 0 saturated carbocycles. The molecule has 0 aromatic heterocycles. The number of thioether (sulfide) groups is 1. The van der Waals surface area contributed by atoms with Gasteiger partial charge in [-0.25, -0.2) is 4.79 Å². The lowest BCUT2D eigenvalue weighted by molar-refractivity contribution is 0.246. The monoisotopic (exact) mass is 251 g/mol. The van der Waals surface area contributed by atoms with Crippen LogP contribution in [0.3, 0.4) is 0 Å². The normalized spacial score (nSPS) is 14.3. The Kier molecular flexibility index (Phi) is 3.78. The minimum Gasteiger partial charge on any atom is -0.399 e. The van der Waals surface area contributed by atoms with Crippen molar-refractivity contribution in [3.63, 3.8) is 0 Å². The maximum Gasteiger partial charge on any atom is 0.321 e. The topological polar surface area (TPSA) is 58.4 Å². The number of nitrogens with two attached hydrogens (primary N) is 1. The van der Waals surface area contributed by atoms with E-state index in [4.69, 9.17) is 5.73 Å². The molecule has 2 amide bonds. The van der Waals surface area contributed by atoms with Gasteiger partial charge in [0.2, 0.25) is 0 Å². The zero-order valence-electron chi connectivity index (χ0n) is 9.90. The number of nitrogen functional groups attached to an aromatic ring is 1. The van der Waals surface area contributed by atoms with Gasteiger partial charge in [-0.05, 0) is 24.6 Å². The minimum atomic E-state index is -0.0287. The number of amides is 2. The predicted molar refractivity (Wildman–Crippen MR) is 72.6 cm³/mol. The molecule has 3 N–H and O–H groups in total. The van der Waals surface area contributed by atoms with Gasteiger partial charge < -0.3 is 11.1 Å². The third-order valence-electron chi connectivity index (χ3n) is 2.62. The number of carbonyl (C=O) groups is 1. The molecule has 1 heterocycles. The van der Waals surface area contributed by atoms with Gasteiger partial charge in [0.1, 0.15) is 0 Å². The van der Waals surface area contributed by atoms with Crippen LogP contribution in [0.15, 0.2) is 23.1 Å². The van der Waals surface area contributed by atoms with Crippen LogP contribution >= 0.6 is 11.8 Å². The largest absolute Gasteiger partial charge is 0.399 e. The zero-order valence-corrected chi connectivity index (χ0v) is 10.7. The number of nitrogens with one attached hydrogen (secondary N) is 1. The Labute approximate surface area is 106 Å². The Hall–Kier alpha value is -1.36. The number of urea groups is 1. The molecule has 0 radical (unpaired) electrons. The van der Waals surface area contributed by atoms with Crippen LogP contribution in [0.25, 0.3) is 0 Å². The predicted octanol–water partition coefficient (Wildman–Crippen LogP) is 2.30. The molecule has 0 unspecified atom stereocenters. The summed E-state index contributed by atoms with van der Waals surface area (Å²) in [6.07, 6.45) is 0.943. The van der Waals surface area contributed by atoms with E-state index in [9.17, 15) is 4.79 Å². The van der Waals surface area contributed by atoms with Crippen molar-refractivity contribution in [3.8, 4) is 0 Å². The van der Waals surface area contributed by atoms with Gasteiger partial charge in [0.25, 0.3) is 0 Å². The molecule has 17 heavy (non-hydrogen) atoms. The smallest absolute Gasteiger partial charge is 0.321 e. The molecule has 0 fully saturated rings. The number of benzene rings is 1. The van der Waals surface area contributed by atoms with Crippen LogP contribution < -0.4 is 16.0 Å². The fraction of sp³-hybridized carbons (Fsp3) is 0.417.